The van der Waals surface area contributed by atoms with E-state index in [9.17, 15) is 9.59 Å². The van der Waals surface area contributed by atoms with Crippen molar-refractivity contribution in [2.45, 2.75) is 32.7 Å². The van der Waals surface area contributed by atoms with Crippen LogP contribution in [-0.4, -0.2) is 48.9 Å². The zero-order chi connectivity index (χ0) is 16.8. The van der Waals surface area contributed by atoms with Crippen LogP contribution in [0, 0.1) is 5.92 Å². The Morgan fingerprint density at radius 2 is 2.04 bits per heavy atom. The van der Waals surface area contributed by atoms with E-state index in [4.69, 9.17) is 4.74 Å². The van der Waals surface area contributed by atoms with Crippen LogP contribution >= 0.6 is 0 Å². The van der Waals surface area contributed by atoms with Gasteiger partial charge in [0.15, 0.2) is 0 Å². The van der Waals surface area contributed by atoms with E-state index in [-0.39, 0.29) is 17.7 Å². The molecule has 126 valence electrons. The fraction of sp³-hybridized carbons (Fsp3) is 0.556. The van der Waals surface area contributed by atoms with Crippen molar-refractivity contribution in [1.82, 2.24) is 9.80 Å². The monoisotopic (exact) mass is 318 g/mol. The second-order valence-corrected chi connectivity index (χ2v) is 6.14. The average Bonchev–Trinajstić information content (AvgIpc) is 2.93. The molecule has 1 atom stereocenters. The minimum absolute atomic E-state index is 0.0584. The quantitative estimate of drug-likeness (QED) is 0.775. The molecular formula is C18H26N2O3. The molecule has 1 fully saturated rings. The highest BCUT2D eigenvalue weighted by Crippen LogP contribution is 2.22. The van der Waals surface area contributed by atoms with Gasteiger partial charge < -0.3 is 14.5 Å². The Hall–Kier alpha value is -2.04. The fourth-order valence-electron chi connectivity index (χ4n) is 2.86. The van der Waals surface area contributed by atoms with E-state index >= 15 is 0 Å². The van der Waals surface area contributed by atoms with Gasteiger partial charge in [0.25, 0.3) is 0 Å². The third-order valence-electron chi connectivity index (χ3n) is 4.32. The summed E-state index contributed by atoms with van der Waals surface area (Å²) < 4.78 is 5.14. The summed E-state index contributed by atoms with van der Waals surface area (Å²) >= 11 is 0. The third kappa shape index (κ3) is 4.47. The fourth-order valence-corrected chi connectivity index (χ4v) is 2.86. The highest BCUT2D eigenvalue weighted by molar-refractivity contribution is 5.89. The molecule has 5 nitrogen and oxygen atoms in total. The van der Waals surface area contributed by atoms with Gasteiger partial charge in [0.2, 0.25) is 11.8 Å². The van der Waals surface area contributed by atoms with Crippen molar-refractivity contribution in [3.8, 4) is 5.75 Å². The van der Waals surface area contributed by atoms with E-state index in [0.717, 1.165) is 30.7 Å². The first-order valence-corrected chi connectivity index (χ1v) is 8.20. The van der Waals surface area contributed by atoms with Gasteiger partial charge in [-0.15, -0.1) is 0 Å². The lowest BCUT2D eigenvalue weighted by Gasteiger charge is -2.21. The van der Waals surface area contributed by atoms with Crippen LogP contribution in [0.1, 0.15) is 31.7 Å². The maximum atomic E-state index is 12.4. The molecule has 1 aromatic rings. The second-order valence-electron chi connectivity index (χ2n) is 6.14. The van der Waals surface area contributed by atoms with Gasteiger partial charge >= 0.3 is 0 Å². The van der Waals surface area contributed by atoms with E-state index in [0.29, 0.717) is 19.5 Å². The number of carbonyl (C=O) groups is 2. The minimum atomic E-state index is -0.206. The Bertz CT molecular complexity index is 542. The number of carbonyl (C=O) groups excluding carboxylic acids is 2. The Kier molecular flexibility index (Phi) is 6.02. The van der Waals surface area contributed by atoms with Crippen molar-refractivity contribution < 1.29 is 14.3 Å². The van der Waals surface area contributed by atoms with Crippen LogP contribution in [0.25, 0.3) is 0 Å². The molecule has 23 heavy (non-hydrogen) atoms. The van der Waals surface area contributed by atoms with Crippen molar-refractivity contribution in [3.63, 3.8) is 0 Å². The summed E-state index contributed by atoms with van der Waals surface area (Å²) in [5.74, 6) is 0.738. The Labute approximate surface area is 138 Å². The molecule has 2 amide bonds. The molecular weight excluding hydrogens is 292 g/mol. The molecule has 0 N–H and O–H groups in total. The highest BCUT2D eigenvalue weighted by Gasteiger charge is 2.35. The van der Waals surface area contributed by atoms with Crippen LogP contribution in [0.4, 0.5) is 0 Å². The lowest BCUT2D eigenvalue weighted by atomic mass is 10.1. The smallest absolute Gasteiger partial charge is 0.227 e. The molecule has 1 heterocycles. The van der Waals surface area contributed by atoms with Crippen LogP contribution in [0.3, 0.4) is 0 Å². The molecule has 0 aliphatic carbocycles. The lowest BCUT2D eigenvalue weighted by Crippen LogP contribution is -2.35. The average molecular weight is 318 g/mol. The zero-order valence-electron chi connectivity index (χ0n) is 14.2. The summed E-state index contributed by atoms with van der Waals surface area (Å²) in [6.45, 7) is 3.93. The summed E-state index contributed by atoms with van der Waals surface area (Å²) in [7, 11) is 3.46. The summed E-state index contributed by atoms with van der Waals surface area (Å²) in [6.07, 6.45) is 2.38. The number of likely N-dealkylation sites (tertiary alicyclic amines) is 1. The van der Waals surface area contributed by atoms with E-state index in [1.165, 1.54) is 0 Å². The normalized spacial score (nSPS) is 17.4. The number of amides is 2. The molecule has 1 aliphatic rings. The lowest BCUT2D eigenvalue weighted by molar-refractivity contribution is -0.134. The largest absolute Gasteiger partial charge is 0.497 e. The SMILES string of the molecule is CCCCN(C)C(=O)C1CC(=O)N(Cc2ccc(OC)cc2)C1. The number of hydrogen-bond acceptors (Lipinski definition) is 3. The number of hydrogen-bond donors (Lipinski definition) is 0. The van der Waals surface area contributed by atoms with Crippen molar-refractivity contribution >= 4 is 11.8 Å². The van der Waals surface area contributed by atoms with Gasteiger partial charge in [-0.1, -0.05) is 25.5 Å². The molecule has 0 aromatic heterocycles. The van der Waals surface area contributed by atoms with Crippen molar-refractivity contribution in [2.75, 3.05) is 27.2 Å². The van der Waals surface area contributed by atoms with E-state index in [2.05, 4.69) is 6.92 Å². The summed E-state index contributed by atoms with van der Waals surface area (Å²) in [5.41, 5.74) is 1.05. The Morgan fingerprint density at radius 3 is 2.65 bits per heavy atom. The molecule has 0 saturated carbocycles. The van der Waals surface area contributed by atoms with Crippen LogP contribution in [0.15, 0.2) is 24.3 Å². The number of methoxy groups -OCH3 is 1. The molecule has 0 radical (unpaired) electrons. The molecule has 1 aliphatic heterocycles. The predicted molar refractivity (Wildman–Crippen MR) is 89.1 cm³/mol. The topological polar surface area (TPSA) is 49.9 Å². The van der Waals surface area contributed by atoms with Crippen molar-refractivity contribution in [3.05, 3.63) is 29.8 Å². The number of nitrogens with zero attached hydrogens (tertiary/aromatic N) is 2. The predicted octanol–water partition coefficient (Wildman–Crippen LogP) is 2.30. The Balaban J connectivity index is 1.92. The van der Waals surface area contributed by atoms with Crippen molar-refractivity contribution in [2.24, 2.45) is 5.92 Å². The first kappa shape index (κ1) is 17.3. The van der Waals surface area contributed by atoms with Crippen LogP contribution in [0.5, 0.6) is 5.75 Å². The summed E-state index contributed by atoms with van der Waals surface area (Å²) in [6, 6.07) is 7.68. The molecule has 1 saturated heterocycles. The Morgan fingerprint density at radius 1 is 1.35 bits per heavy atom. The standard InChI is InChI=1S/C18H26N2O3/c1-4-5-10-19(2)18(22)15-11-17(21)20(13-15)12-14-6-8-16(23-3)9-7-14/h6-9,15H,4-5,10-13H2,1-3H3. The molecule has 1 aromatic carbocycles. The molecule has 5 heteroatoms. The minimum Gasteiger partial charge on any atom is -0.497 e. The van der Waals surface area contributed by atoms with Crippen LogP contribution < -0.4 is 4.74 Å². The van der Waals surface area contributed by atoms with Gasteiger partial charge in [0, 0.05) is 33.1 Å². The van der Waals surface area contributed by atoms with Crippen LogP contribution in [-0.2, 0) is 16.1 Å². The zero-order valence-corrected chi connectivity index (χ0v) is 14.2. The van der Waals surface area contributed by atoms with Gasteiger partial charge in [-0.25, -0.2) is 0 Å². The van der Waals surface area contributed by atoms with Crippen molar-refractivity contribution in [1.29, 1.82) is 0 Å². The highest BCUT2D eigenvalue weighted by atomic mass is 16.5. The molecule has 1 unspecified atom stereocenters. The third-order valence-corrected chi connectivity index (χ3v) is 4.32. The number of benzene rings is 1. The van der Waals surface area contributed by atoms with Gasteiger partial charge in [-0.3, -0.25) is 9.59 Å². The molecule has 2 rings (SSSR count). The van der Waals surface area contributed by atoms with E-state index < -0.39 is 0 Å². The number of ether oxygens (including phenoxy) is 1. The summed E-state index contributed by atoms with van der Waals surface area (Å²) in [4.78, 5) is 28.1. The van der Waals surface area contributed by atoms with E-state index in [1.807, 2.05) is 31.3 Å². The van der Waals surface area contributed by atoms with Gasteiger partial charge in [0.1, 0.15) is 5.75 Å². The van der Waals surface area contributed by atoms with E-state index in [1.54, 1.807) is 16.9 Å². The maximum Gasteiger partial charge on any atom is 0.227 e. The van der Waals surface area contributed by atoms with Gasteiger partial charge in [-0.05, 0) is 24.1 Å². The molecule has 0 spiro atoms. The summed E-state index contributed by atoms with van der Waals surface area (Å²) in [5, 5.41) is 0. The first-order valence-electron chi connectivity index (χ1n) is 8.20. The number of unbranched alkanes of at least 4 members (excludes halogenated alkanes) is 1. The second kappa shape index (κ2) is 7.99. The maximum absolute atomic E-state index is 12.4. The molecule has 0 bridgehead atoms. The number of rotatable bonds is 7. The first-order chi connectivity index (χ1) is 11.0. The van der Waals surface area contributed by atoms with Gasteiger partial charge in [0.05, 0.1) is 13.0 Å². The van der Waals surface area contributed by atoms with Crippen LogP contribution in [0.2, 0.25) is 0 Å². The van der Waals surface area contributed by atoms with Gasteiger partial charge in [-0.2, -0.15) is 0 Å².